The van der Waals surface area contributed by atoms with E-state index in [1.54, 1.807) is 37.1 Å². The standard InChI is InChI=1S/C20H24FN3O4/c1-14(22-19(25)18-4-3-11-28-18)20(26)24-9-7-23(8-10-24)13-15-12-16(21)5-6-17(15)27-2/h3-6,11-12,14H,7-10,13H2,1-2H3,(H,22,25)/t14-/m1/s1. The minimum absolute atomic E-state index is 0.136. The molecule has 1 aliphatic heterocycles. The van der Waals surface area contributed by atoms with Gasteiger partial charge >= 0.3 is 0 Å². The second-order valence-corrected chi connectivity index (χ2v) is 6.73. The average Bonchev–Trinajstić information content (AvgIpc) is 3.23. The number of hydrogen-bond donors (Lipinski definition) is 1. The molecule has 7 nitrogen and oxygen atoms in total. The fraction of sp³-hybridized carbons (Fsp3) is 0.400. The van der Waals surface area contributed by atoms with Crippen molar-refractivity contribution < 1.29 is 23.1 Å². The lowest BCUT2D eigenvalue weighted by atomic mass is 10.1. The van der Waals surface area contributed by atoms with E-state index < -0.39 is 11.9 Å². The normalized spacial score (nSPS) is 15.9. The summed E-state index contributed by atoms with van der Waals surface area (Å²) in [6.07, 6.45) is 1.41. The predicted molar refractivity (Wildman–Crippen MR) is 100 cm³/mol. The first kappa shape index (κ1) is 19.9. The van der Waals surface area contributed by atoms with Crippen LogP contribution in [0.15, 0.2) is 41.0 Å². The highest BCUT2D eigenvalue weighted by molar-refractivity contribution is 5.95. The van der Waals surface area contributed by atoms with E-state index in [1.807, 2.05) is 0 Å². The van der Waals surface area contributed by atoms with Gasteiger partial charge < -0.3 is 19.4 Å². The Labute approximate surface area is 163 Å². The molecular weight excluding hydrogens is 365 g/mol. The van der Waals surface area contributed by atoms with Crippen LogP contribution in [0.1, 0.15) is 23.0 Å². The van der Waals surface area contributed by atoms with Gasteiger partial charge in [0.2, 0.25) is 5.91 Å². The Morgan fingerprint density at radius 2 is 2.00 bits per heavy atom. The molecule has 2 amide bonds. The zero-order chi connectivity index (χ0) is 20.1. The van der Waals surface area contributed by atoms with Gasteiger partial charge in [-0.15, -0.1) is 0 Å². The molecule has 0 aliphatic carbocycles. The molecule has 0 radical (unpaired) electrons. The maximum Gasteiger partial charge on any atom is 0.287 e. The van der Waals surface area contributed by atoms with Crippen LogP contribution in [0.5, 0.6) is 5.75 Å². The summed E-state index contributed by atoms with van der Waals surface area (Å²) in [6, 6.07) is 6.99. The van der Waals surface area contributed by atoms with Gasteiger partial charge in [-0.3, -0.25) is 14.5 Å². The van der Waals surface area contributed by atoms with Crippen molar-refractivity contribution in [1.82, 2.24) is 15.1 Å². The summed E-state index contributed by atoms with van der Waals surface area (Å²) in [7, 11) is 1.56. The van der Waals surface area contributed by atoms with Crippen molar-refractivity contribution in [2.45, 2.75) is 19.5 Å². The molecule has 2 heterocycles. The predicted octanol–water partition coefficient (Wildman–Crippen LogP) is 1.89. The quantitative estimate of drug-likeness (QED) is 0.817. The van der Waals surface area contributed by atoms with E-state index in [0.717, 1.165) is 5.56 Å². The Morgan fingerprint density at radius 3 is 2.64 bits per heavy atom. The van der Waals surface area contributed by atoms with E-state index in [1.165, 1.54) is 18.4 Å². The number of carbonyl (C=O) groups is 2. The van der Waals surface area contributed by atoms with Gasteiger partial charge in [0, 0.05) is 38.3 Å². The third kappa shape index (κ3) is 4.69. The Hall–Kier alpha value is -2.87. The number of benzene rings is 1. The van der Waals surface area contributed by atoms with Gasteiger partial charge in [-0.1, -0.05) is 0 Å². The molecule has 0 saturated carbocycles. The molecular formula is C20H24FN3O4. The SMILES string of the molecule is COc1ccc(F)cc1CN1CCN(C(=O)[C@@H](C)NC(=O)c2ccco2)CC1. The van der Waals surface area contributed by atoms with Crippen LogP contribution in [-0.2, 0) is 11.3 Å². The van der Waals surface area contributed by atoms with E-state index in [2.05, 4.69) is 10.2 Å². The molecule has 1 N–H and O–H groups in total. The van der Waals surface area contributed by atoms with E-state index >= 15 is 0 Å². The number of piperazine rings is 1. The largest absolute Gasteiger partial charge is 0.496 e. The molecule has 1 fully saturated rings. The lowest BCUT2D eigenvalue weighted by Gasteiger charge is -2.36. The zero-order valence-corrected chi connectivity index (χ0v) is 16.0. The summed E-state index contributed by atoms with van der Waals surface area (Å²) in [5.41, 5.74) is 0.779. The van der Waals surface area contributed by atoms with Crippen LogP contribution in [0.4, 0.5) is 4.39 Å². The molecule has 0 spiro atoms. The molecule has 3 rings (SSSR count). The van der Waals surface area contributed by atoms with Crippen molar-refractivity contribution in [2.24, 2.45) is 0 Å². The van der Waals surface area contributed by atoms with Crippen LogP contribution >= 0.6 is 0 Å². The Bertz CT molecular complexity index is 817. The highest BCUT2D eigenvalue weighted by atomic mass is 19.1. The van der Waals surface area contributed by atoms with Crippen LogP contribution in [0.25, 0.3) is 0 Å². The lowest BCUT2D eigenvalue weighted by molar-refractivity contribution is -0.134. The van der Waals surface area contributed by atoms with Gasteiger partial charge in [-0.2, -0.15) is 0 Å². The van der Waals surface area contributed by atoms with Crippen molar-refractivity contribution in [1.29, 1.82) is 0 Å². The van der Waals surface area contributed by atoms with Crippen LogP contribution in [0.2, 0.25) is 0 Å². The third-order valence-corrected chi connectivity index (χ3v) is 4.78. The third-order valence-electron chi connectivity index (χ3n) is 4.78. The van der Waals surface area contributed by atoms with Gasteiger partial charge in [0.25, 0.3) is 5.91 Å². The molecule has 1 atom stereocenters. The Morgan fingerprint density at radius 1 is 1.25 bits per heavy atom. The van der Waals surface area contributed by atoms with Crippen LogP contribution in [-0.4, -0.2) is 60.9 Å². The fourth-order valence-corrected chi connectivity index (χ4v) is 3.25. The molecule has 1 aliphatic rings. The first-order valence-corrected chi connectivity index (χ1v) is 9.16. The first-order chi connectivity index (χ1) is 13.5. The molecule has 28 heavy (non-hydrogen) atoms. The number of rotatable bonds is 6. The van der Waals surface area contributed by atoms with Crippen molar-refractivity contribution in [3.63, 3.8) is 0 Å². The number of carbonyl (C=O) groups excluding carboxylic acids is 2. The number of nitrogens with zero attached hydrogens (tertiary/aromatic N) is 2. The Kier molecular flexibility index (Phi) is 6.30. The van der Waals surface area contributed by atoms with E-state index in [-0.39, 0.29) is 17.5 Å². The summed E-state index contributed by atoms with van der Waals surface area (Å²) < 4.78 is 23.9. The van der Waals surface area contributed by atoms with Gasteiger partial charge in [-0.25, -0.2) is 4.39 Å². The summed E-state index contributed by atoms with van der Waals surface area (Å²) in [6.45, 7) is 4.60. The van der Waals surface area contributed by atoms with Gasteiger partial charge in [0.1, 0.15) is 17.6 Å². The molecule has 1 aromatic heterocycles. The molecule has 1 aromatic carbocycles. The van der Waals surface area contributed by atoms with Crippen LogP contribution in [0.3, 0.4) is 0 Å². The summed E-state index contributed by atoms with van der Waals surface area (Å²) in [5.74, 6) is -0.0287. The number of nitrogens with one attached hydrogen (secondary N) is 1. The summed E-state index contributed by atoms with van der Waals surface area (Å²) >= 11 is 0. The van der Waals surface area contributed by atoms with Crippen LogP contribution in [0, 0.1) is 5.82 Å². The minimum atomic E-state index is -0.646. The number of methoxy groups -OCH3 is 1. The van der Waals surface area contributed by atoms with Crippen molar-refractivity contribution in [3.05, 3.63) is 53.7 Å². The molecule has 0 unspecified atom stereocenters. The number of hydrogen-bond acceptors (Lipinski definition) is 5. The second-order valence-electron chi connectivity index (χ2n) is 6.73. The monoisotopic (exact) mass is 389 g/mol. The smallest absolute Gasteiger partial charge is 0.287 e. The highest BCUT2D eigenvalue weighted by Gasteiger charge is 2.27. The van der Waals surface area contributed by atoms with Gasteiger partial charge in [-0.05, 0) is 37.3 Å². The number of ether oxygens (including phenoxy) is 1. The van der Waals surface area contributed by atoms with E-state index in [0.29, 0.717) is 38.5 Å². The topological polar surface area (TPSA) is 75.0 Å². The molecule has 150 valence electrons. The summed E-state index contributed by atoms with van der Waals surface area (Å²) in [4.78, 5) is 28.5. The molecule has 2 aromatic rings. The van der Waals surface area contributed by atoms with Gasteiger partial charge in [0.15, 0.2) is 5.76 Å². The summed E-state index contributed by atoms with van der Waals surface area (Å²) in [5, 5.41) is 2.66. The van der Waals surface area contributed by atoms with Crippen molar-refractivity contribution in [3.8, 4) is 5.75 Å². The maximum absolute atomic E-state index is 13.5. The molecule has 1 saturated heterocycles. The number of halogens is 1. The zero-order valence-electron chi connectivity index (χ0n) is 16.0. The number of furan rings is 1. The molecule has 8 heteroatoms. The highest BCUT2D eigenvalue weighted by Crippen LogP contribution is 2.21. The molecule has 0 bridgehead atoms. The number of amides is 2. The minimum Gasteiger partial charge on any atom is -0.496 e. The average molecular weight is 389 g/mol. The fourth-order valence-electron chi connectivity index (χ4n) is 3.25. The first-order valence-electron chi connectivity index (χ1n) is 9.16. The van der Waals surface area contributed by atoms with Crippen LogP contribution < -0.4 is 10.1 Å². The maximum atomic E-state index is 13.5. The second kappa shape index (κ2) is 8.88. The van der Waals surface area contributed by atoms with E-state index in [9.17, 15) is 14.0 Å². The lowest BCUT2D eigenvalue weighted by Crippen LogP contribution is -2.53. The Balaban J connectivity index is 1.51. The van der Waals surface area contributed by atoms with Crippen molar-refractivity contribution in [2.75, 3.05) is 33.3 Å². The van der Waals surface area contributed by atoms with Gasteiger partial charge in [0.05, 0.1) is 13.4 Å². The van der Waals surface area contributed by atoms with Crippen molar-refractivity contribution >= 4 is 11.8 Å². The van der Waals surface area contributed by atoms with E-state index in [4.69, 9.17) is 9.15 Å².